The number of carboxylic acids is 1. The number of methoxy groups -OCH3 is 1. The second kappa shape index (κ2) is 8.62. The topological polar surface area (TPSA) is 76.1 Å². The minimum atomic E-state index is -0.920. The first-order chi connectivity index (χ1) is 16.1. The molecule has 0 unspecified atom stereocenters. The van der Waals surface area contributed by atoms with Crippen molar-refractivity contribution in [2.75, 3.05) is 26.8 Å². The molecule has 0 bridgehead atoms. The van der Waals surface area contributed by atoms with Crippen molar-refractivity contribution in [3.63, 3.8) is 0 Å². The number of nitrogens with zero attached hydrogens (tertiary/aromatic N) is 1. The molecule has 1 aliphatic heterocycles. The van der Waals surface area contributed by atoms with E-state index < -0.39 is 18.0 Å². The zero-order valence-corrected chi connectivity index (χ0v) is 18.3. The number of hydrogen-bond acceptors (Lipinski definition) is 4. The highest BCUT2D eigenvalue weighted by molar-refractivity contribution is 5.79. The van der Waals surface area contributed by atoms with Crippen LogP contribution in [0.4, 0.5) is 4.79 Å². The van der Waals surface area contributed by atoms with Gasteiger partial charge in [-0.15, -0.1) is 0 Å². The number of ether oxygens (including phenoxy) is 2. The Balaban J connectivity index is 1.32. The summed E-state index contributed by atoms with van der Waals surface area (Å²) in [6, 6.07) is 23.7. The number of carboxylic acid groups (broad SMARTS) is 1. The molecule has 6 nitrogen and oxygen atoms in total. The molecule has 1 N–H and O–H groups in total. The van der Waals surface area contributed by atoms with E-state index in [0.29, 0.717) is 12.3 Å². The van der Waals surface area contributed by atoms with Gasteiger partial charge in [0.1, 0.15) is 12.4 Å². The Morgan fingerprint density at radius 3 is 2.24 bits per heavy atom. The fraction of sp³-hybridized carbons (Fsp3) is 0.259. The maximum Gasteiger partial charge on any atom is 0.409 e. The molecule has 1 amide bonds. The molecule has 0 radical (unpaired) electrons. The molecule has 0 saturated carbocycles. The molecule has 1 heterocycles. The van der Waals surface area contributed by atoms with Crippen LogP contribution < -0.4 is 4.74 Å². The Kier molecular flexibility index (Phi) is 5.50. The summed E-state index contributed by atoms with van der Waals surface area (Å²) in [5.41, 5.74) is 5.46. The number of hydrogen-bond donors (Lipinski definition) is 1. The Hall–Kier alpha value is -3.80. The lowest BCUT2D eigenvalue weighted by Gasteiger charge is -2.19. The summed E-state index contributed by atoms with van der Waals surface area (Å²) in [5.74, 6) is -1.31. The summed E-state index contributed by atoms with van der Waals surface area (Å²) >= 11 is 0. The van der Waals surface area contributed by atoms with Gasteiger partial charge >= 0.3 is 12.1 Å². The SMILES string of the molecule is COc1cccc([C@H]2CN(C(=O)OCC3c4ccccc4-c4ccccc43)C[C@@H]2C(=O)O)c1. The van der Waals surface area contributed by atoms with E-state index in [1.165, 1.54) is 16.0 Å². The predicted octanol–water partition coefficient (Wildman–Crippen LogP) is 4.74. The molecule has 3 aromatic rings. The minimum Gasteiger partial charge on any atom is -0.497 e. The molecule has 2 aliphatic rings. The number of likely N-dealkylation sites (tertiary alicyclic amines) is 1. The van der Waals surface area contributed by atoms with Crippen LogP contribution >= 0.6 is 0 Å². The molecule has 1 saturated heterocycles. The summed E-state index contributed by atoms with van der Waals surface area (Å²) in [4.78, 5) is 26.4. The molecular formula is C27H25NO5. The zero-order chi connectivity index (χ0) is 22.9. The number of fused-ring (bicyclic) bond motifs is 3. The zero-order valence-electron chi connectivity index (χ0n) is 18.3. The van der Waals surface area contributed by atoms with Gasteiger partial charge in [-0.05, 0) is 39.9 Å². The molecule has 0 spiro atoms. The van der Waals surface area contributed by atoms with Crippen molar-refractivity contribution in [1.29, 1.82) is 0 Å². The maximum atomic E-state index is 13.0. The van der Waals surface area contributed by atoms with E-state index in [2.05, 4.69) is 24.3 Å². The van der Waals surface area contributed by atoms with Crippen molar-refractivity contribution in [1.82, 2.24) is 4.90 Å². The third-order valence-corrected chi connectivity index (χ3v) is 6.75. The summed E-state index contributed by atoms with van der Waals surface area (Å²) < 4.78 is 11.0. The van der Waals surface area contributed by atoms with Crippen LogP contribution in [0, 0.1) is 5.92 Å². The monoisotopic (exact) mass is 443 g/mol. The number of carbonyl (C=O) groups excluding carboxylic acids is 1. The predicted molar refractivity (Wildman–Crippen MR) is 124 cm³/mol. The number of aliphatic carboxylic acids is 1. The van der Waals surface area contributed by atoms with Gasteiger partial charge in [-0.2, -0.15) is 0 Å². The second-order valence-electron chi connectivity index (χ2n) is 8.54. The molecule has 1 fully saturated rings. The molecule has 6 heteroatoms. The Morgan fingerprint density at radius 2 is 1.61 bits per heavy atom. The average Bonchev–Trinajstić information content (AvgIpc) is 3.43. The first-order valence-electron chi connectivity index (χ1n) is 11.0. The van der Waals surface area contributed by atoms with Crippen LogP contribution in [0.1, 0.15) is 28.5 Å². The minimum absolute atomic E-state index is 0.0339. The van der Waals surface area contributed by atoms with Gasteiger partial charge in [-0.3, -0.25) is 4.79 Å². The fourth-order valence-electron chi connectivity index (χ4n) is 5.10. The van der Waals surface area contributed by atoms with Crippen LogP contribution in [0.2, 0.25) is 0 Å². The fourth-order valence-corrected chi connectivity index (χ4v) is 5.10. The van der Waals surface area contributed by atoms with Crippen LogP contribution in [0.3, 0.4) is 0 Å². The molecule has 2 atom stereocenters. The average molecular weight is 443 g/mol. The van der Waals surface area contributed by atoms with E-state index in [1.54, 1.807) is 7.11 Å². The number of rotatable bonds is 5. The standard InChI is InChI=1S/C27H25NO5/c1-32-18-8-6-7-17(13-18)23-14-28(15-24(23)26(29)30)27(31)33-16-25-21-11-4-2-9-19(21)20-10-3-5-12-22(20)25/h2-13,23-25H,14-16H2,1H3,(H,29,30)/t23-,24+/m1/s1. The molecule has 1 aliphatic carbocycles. The van der Waals surface area contributed by atoms with Crippen LogP contribution in [0.25, 0.3) is 11.1 Å². The third-order valence-electron chi connectivity index (χ3n) is 6.75. The Labute approximate surface area is 192 Å². The van der Waals surface area contributed by atoms with Crippen molar-refractivity contribution >= 4 is 12.1 Å². The molecule has 0 aromatic heterocycles. The molecule has 33 heavy (non-hydrogen) atoms. The summed E-state index contributed by atoms with van der Waals surface area (Å²) in [5, 5.41) is 9.78. The van der Waals surface area contributed by atoms with Crippen LogP contribution in [0.5, 0.6) is 5.75 Å². The first kappa shape index (κ1) is 21.1. The van der Waals surface area contributed by atoms with Crippen molar-refractivity contribution in [3.05, 3.63) is 89.5 Å². The highest BCUT2D eigenvalue weighted by Crippen LogP contribution is 2.44. The Morgan fingerprint density at radius 1 is 0.939 bits per heavy atom. The van der Waals surface area contributed by atoms with Gasteiger partial charge in [0.15, 0.2) is 0 Å². The number of amides is 1. The van der Waals surface area contributed by atoms with Gasteiger partial charge in [0.25, 0.3) is 0 Å². The first-order valence-corrected chi connectivity index (χ1v) is 11.0. The van der Waals surface area contributed by atoms with Crippen molar-refractivity contribution in [2.45, 2.75) is 11.8 Å². The molecule has 3 aromatic carbocycles. The third kappa shape index (κ3) is 3.82. The normalized spacial score (nSPS) is 19.1. The van der Waals surface area contributed by atoms with E-state index in [4.69, 9.17) is 9.47 Å². The van der Waals surface area contributed by atoms with Gasteiger partial charge in [-0.1, -0.05) is 60.7 Å². The highest BCUT2D eigenvalue weighted by atomic mass is 16.6. The Bertz CT molecular complexity index is 1160. The van der Waals surface area contributed by atoms with Crippen LogP contribution in [0.15, 0.2) is 72.8 Å². The quantitative estimate of drug-likeness (QED) is 0.616. The largest absolute Gasteiger partial charge is 0.497 e. The van der Waals surface area contributed by atoms with Gasteiger partial charge < -0.3 is 19.5 Å². The summed E-state index contributed by atoms with van der Waals surface area (Å²) in [6.45, 7) is 0.625. The lowest BCUT2D eigenvalue weighted by atomic mass is 9.89. The van der Waals surface area contributed by atoms with Gasteiger partial charge in [0, 0.05) is 24.9 Å². The van der Waals surface area contributed by atoms with Crippen molar-refractivity contribution in [2.24, 2.45) is 5.92 Å². The van der Waals surface area contributed by atoms with Gasteiger partial charge in [0.2, 0.25) is 0 Å². The van der Waals surface area contributed by atoms with Gasteiger partial charge in [0.05, 0.1) is 13.0 Å². The van der Waals surface area contributed by atoms with Crippen LogP contribution in [-0.4, -0.2) is 48.9 Å². The van der Waals surface area contributed by atoms with E-state index in [1.807, 2.05) is 48.5 Å². The smallest absolute Gasteiger partial charge is 0.409 e. The summed E-state index contributed by atoms with van der Waals surface area (Å²) in [6.07, 6.45) is -0.478. The van der Waals surface area contributed by atoms with E-state index in [0.717, 1.165) is 16.7 Å². The van der Waals surface area contributed by atoms with Gasteiger partial charge in [-0.25, -0.2) is 4.79 Å². The lowest BCUT2D eigenvalue weighted by molar-refractivity contribution is -0.141. The van der Waals surface area contributed by atoms with Crippen molar-refractivity contribution < 1.29 is 24.2 Å². The number of benzene rings is 3. The lowest BCUT2D eigenvalue weighted by Crippen LogP contribution is -2.31. The van der Waals surface area contributed by atoms with E-state index >= 15 is 0 Å². The number of carbonyl (C=O) groups is 2. The molecule has 5 rings (SSSR count). The molecule has 168 valence electrons. The van der Waals surface area contributed by atoms with E-state index in [-0.39, 0.29) is 25.0 Å². The highest BCUT2D eigenvalue weighted by Gasteiger charge is 2.41. The second-order valence-corrected chi connectivity index (χ2v) is 8.54. The summed E-state index contributed by atoms with van der Waals surface area (Å²) in [7, 11) is 1.57. The van der Waals surface area contributed by atoms with Crippen LogP contribution in [-0.2, 0) is 9.53 Å². The van der Waals surface area contributed by atoms with Crippen molar-refractivity contribution in [3.8, 4) is 16.9 Å². The molecular weight excluding hydrogens is 418 g/mol. The van der Waals surface area contributed by atoms with E-state index in [9.17, 15) is 14.7 Å². The maximum absolute atomic E-state index is 13.0.